The summed E-state index contributed by atoms with van der Waals surface area (Å²) in [7, 11) is 1.54. The van der Waals surface area contributed by atoms with Crippen molar-refractivity contribution in [3.63, 3.8) is 0 Å². The molecular weight excluding hydrogens is 264 g/mol. The van der Waals surface area contributed by atoms with Crippen LogP contribution >= 0.6 is 12.6 Å². The van der Waals surface area contributed by atoms with E-state index in [9.17, 15) is 4.79 Å². The average molecular weight is 278 g/mol. The summed E-state index contributed by atoms with van der Waals surface area (Å²) in [4.78, 5) is 12.5. The van der Waals surface area contributed by atoms with Gasteiger partial charge in [-0.3, -0.25) is 0 Å². The summed E-state index contributed by atoms with van der Waals surface area (Å²) in [5.74, 6) is 1.26. The van der Waals surface area contributed by atoms with Crippen molar-refractivity contribution in [3.05, 3.63) is 42.4 Å². The molecule has 1 heterocycles. The van der Waals surface area contributed by atoms with Crippen LogP contribution in [0.4, 0.5) is 10.5 Å². The minimum atomic E-state index is -0.339. The number of carbonyl (C=O) groups is 1. The van der Waals surface area contributed by atoms with Crippen LogP contribution < -0.4 is 15.4 Å². The molecule has 0 aliphatic rings. The number of carbonyl (C=O) groups excluding carboxylic acids is 1. The molecular formula is C13H14N2O3S. The van der Waals surface area contributed by atoms with Gasteiger partial charge in [-0.25, -0.2) is 4.79 Å². The number of methoxy groups -OCH3 is 1. The minimum Gasteiger partial charge on any atom is -0.495 e. The highest BCUT2D eigenvalue weighted by Crippen LogP contribution is 2.26. The van der Waals surface area contributed by atoms with Gasteiger partial charge in [0, 0.05) is 4.90 Å². The fraction of sp³-hybridized carbons (Fsp3) is 0.154. The second-order valence-electron chi connectivity index (χ2n) is 3.77. The average Bonchev–Trinajstić information content (AvgIpc) is 2.90. The van der Waals surface area contributed by atoms with E-state index in [0.29, 0.717) is 23.7 Å². The van der Waals surface area contributed by atoms with E-state index in [1.807, 2.05) is 0 Å². The third-order valence-corrected chi connectivity index (χ3v) is 2.71. The molecule has 100 valence electrons. The Balaban J connectivity index is 1.96. The largest absolute Gasteiger partial charge is 0.495 e. The number of hydrogen-bond acceptors (Lipinski definition) is 4. The molecule has 2 N–H and O–H groups in total. The minimum absolute atomic E-state index is 0.321. The number of ether oxygens (including phenoxy) is 1. The van der Waals surface area contributed by atoms with E-state index in [4.69, 9.17) is 9.15 Å². The van der Waals surface area contributed by atoms with Gasteiger partial charge in [-0.15, -0.1) is 12.6 Å². The number of nitrogens with one attached hydrogen (secondary N) is 2. The van der Waals surface area contributed by atoms with Crippen molar-refractivity contribution in [2.45, 2.75) is 11.4 Å². The summed E-state index contributed by atoms with van der Waals surface area (Å²) >= 11 is 4.22. The smallest absolute Gasteiger partial charge is 0.319 e. The third kappa shape index (κ3) is 3.69. The number of benzene rings is 1. The van der Waals surface area contributed by atoms with Crippen LogP contribution in [0.2, 0.25) is 0 Å². The zero-order chi connectivity index (χ0) is 13.7. The standard InChI is InChI=1S/C13H14N2O3S/c1-17-12-5-4-10(19)7-11(12)15-13(16)14-8-9-3-2-6-18-9/h2-7,19H,8H2,1H3,(H2,14,15,16). The summed E-state index contributed by atoms with van der Waals surface area (Å²) in [6.07, 6.45) is 1.56. The Morgan fingerprint density at radius 1 is 1.42 bits per heavy atom. The van der Waals surface area contributed by atoms with Gasteiger partial charge in [0.05, 0.1) is 25.6 Å². The van der Waals surface area contributed by atoms with Gasteiger partial charge in [-0.2, -0.15) is 0 Å². The highest BCUT2D eigenvalue weighted by Gasteiger charge is 2.08. The van der Waals surface area contributed by atoms with Gasteiger partial charge in [0.15, 0.2) is 0 Å². The van der Waals surface area contributed by atoms with Crippen LogP contribution in [0.25, 0.3) is 0 Å². The molecule has 1 aromatic heterocycles. The number of urea groups is 1. The van der Waals surface area contributed by atoms with Crippen LogP contribution in [0.3, 0.4) is 0 Å². The van der Waals surface area contributed by atoms with E-state index in [1.165, 1.54) is 0 Å². The number of rotatable bonds is 4. The molecule has 0 aliphatic carbocycles. The number of thiol groups is 1. The highest BCUT2D eigenvalue weighted by molar-refractivity contribution is 7.80. The van der Waals surface area contributed by atoms with Crippen LogP contribution in [0.1, 0.15) is 5.76 Å². The lowest BCUT2D eigenvalue weighted by molar-refractivity contribution is 0.250. The molecule has 0 saturated heterocycles. The molecule has 0 spiro atoms. The van der Waals surface area contributed by atoms with Gasteiger partial charge in [-0.05, 0) is 30.3 Å². The van der Waals surface area contributed by atoms with Crippen molar-refractivity contribution in [3.8, 4) is 5.75 Å². The summed E-state index contributed by atoms with van der Waals surface area (Å²) in [6, 6.07) is 8.46. The quantitative estimate of drug-likeness (QED) is 0.753. The van der Waals surface area contributed by atoms with Gasteiger partial charge < -0.3 is 19.8 Å². The highest BCUT2D eigenvalue weighted by atomic mass is 32.1. The molecule has 2 aromatic rings. The molecule has 0 unspecified atom stereocenters. The SMILES string of the molecule is COc1ccc(S)cc1NC(=O)NCc1ccco1. The molecule has 0 atom stereocenters. The summed E-state index contributed by atoms with van der Waals surface area (Å²) in [5.41, 5.74) is 0.562. The van der Waals surface area contributed by atoms with Crippen molar-refractivity contribution < 1.29 is 13.9 Å². The van der Waals surface area contributed by atoms with Crippen LogP contribution in [-0.2, 0) is 6.54 Å². The van der Waals surface area contributed by atoms with Gasteiger partial charge in [-0.1, -0.05) is 0 Å². The third-order valence-electron chi connectivity index (χ3n) is 2.43. The molecule has 19 heavy (non-hydrogen) atoms. The van der Waals surface area contributed by atoms with Crippen molar-refractivity contribution in [1.29, 1.82) is 0 Å². The normalized spacial score (nSPS) is 10.0. The Bertz CT molecular complexity index is 555. The Hall–Kier alpha value is -2.08. The first-order valence-electron chi connectivity index (χ1n) is 5.63. The van der Waals surface area contributed by atoms with E-state index in [-0.39, 0.29) is 6.03 Å². The monoisotopic (exact) mass is 278 g/mol. The Kier molecular flexibility index (Phi) is 4.35. The molecule has 1 aromatic carbocycles. The van der Waals surface area contributed by atoms with Crippen molar-refractivity contribution in [2.24, 2.45) is 0 Å². The Morgan fingerprint density at radius 2 is 2.26 bits per heavy atom. The van der Waals surface area contributed by atoms with E-state index in [0.717, 1.165) is 4.90 Å². The molecule has 0 aliphatic heterocycles. The topological polar surface area (TPSA) is 63.5 Å². The van der Waals surface area contributed by atoms with Crippen LogP contribution in [0.15, 0.2) is 45.9 Å². The zero-order valence-corrected chi connectivity index (χ0v) is 11.2. The lowest BCUT2D eigenvalue weighted by Gasteiger charge is -2.11. The van der Waals surface area contributed by atoms with Crippen molar-refractivity contribution >= 4 is 24.3 Å². The number of anilines is 1. The lowest BCUT2D eigenvalue weighted by Crippen LogP contribution is -2.28. The fourth-order valence-electron chi connectivity index (χ4n) is 1.54. The first kappa shape index (κ1) is 13.4. The van der Waals surface area contributed by atoms with Crippen LogP contribution in [-0.4, -0.2) is 13.1 Å². The number of furan rings is 1. The Morgan fingerprint density at radius 3 is 2.95 bits per heavy atom. The fourth-order valence-corrected chi connectivity index (χ4v) is 1.74. The van der Waals surface area contributed by atoms with Gasteiger partial charge in [0.2, 0.25) is 0 Å². The van der Waals surface area contributed by atoms with E-state index in [1.54, 1.807) is 43.7 Å². The predicted molar refractivity (Wildman–Crippen MR) is 74.8 cm³/mol. The van der Waals surface area contributed by atoms with E-state index >= 15 is 0 Å². The molecule has 0 radical (unpaired) electrons. The maximum absolute atomic E-state index is 11.7. The van der Waals surface area contributed by atoms with Crippen LogP contribution in [0.5, 0.6) is 5.75 Å². The first-order valence-corrected chi connectivity index (χ1v) is 6.08. The second kappa shape index (κ2) is 6.19. The maximum atomic E-state index is 11.7. The first-order chi connectivity index (χ1) is 9.19. The van der Waals surface area contributed by atoms with E-state index in [2.05, 4.69) is 23.3 Å². The zero-order valence-electron chi connectivity index (χ0n) is 10.3. The molecule has 6 heteroatoms. The Labute approximate surface area is 116 Å². The maximum Gasteiger partial charge on any atom is 0.319 e. The van der Waals surface area contributed by atoms with Crippen molar-refractivity contribution in [1.82, 2.24) is 5.32 Å². The lowest BCUT2D eigenvalue weighted by atomic mass is 10.3. The summed E-state index contributed by atoms with van der Waals surface area (Å²) in [6.45, 7) is 0.321. The predicted octanol–water partition coefficient (Wildman–Crippen LogP) is 2.90. The molecule has 2 rings (SSSR count). The molecule has 0 bridgehead atoms. The van der Waals surface area contributed by atoms with Gasteiger partial charge in [0.25, 0.3) is 0 Å². The second-order valence-corrected chi connectivity index (χ2v) is 4.29. The van der Waals surface area contributed by atoms with Crippen LogP contribution in [0, 0.1) is 0 Å². The van der Waals surface area contributed by atoms with Gasteiger partial charge in [0.1, 0.15) is 11.5 Å². The number of amides is 2. The molecule has 0 saturated carbocycles. The summed E-state index contributed by atoms with van der Waals surface area (Å²) in [5, 5.41) is 5.38. The molecule has 2 amide bonds. The van der Waals surface area contributed by atoms with Gasteiger partial charge >= 0.3 is 6.03 Å². The van der Waals surface area contributed by atoms with E-state index < -0.39 is 0 Å². The molecule has 0 fully saturated rings. The number of hydrogen-bond donors (Lipinski definition) is 3. The molecule has 5 nitrogen and oxygen atoms in total. The summed E-state index contributed by atoms with van der Waals surface area (Å²) < 4.78 is 10.3. The van der Waals surface area contributed by atoms with Crippen molar-refractivity contribution in [2.75, 3.05) is 12.4 Å².